The number of thiophene rings is 1. The van der Waals surface area contributed by atoms with Crippen molar-refractivity contribution in [2.45, 2.75) is 19.4 Å². The van der Waals surface area contributed by atoms with Crippen molar-refractivity contribution >= 4 is 39.8 Å². The van der Waals surface area contributed by atoms with Crippen molar-refractivity contribution in [1.82, 2.24) is 4.98 Å². The Hall–Kier alpha value is -2.73. The number of anilines is 1. The van der Waals surface area contributed by atoms with Crippen molar-refractivity contribution in [1.29, 1.82) is 0 Å². The Kier molecular flexibility index (Phi) is 4.86. The molecule has 122 valence electrons. The van der Waals surface area contributed by atoms with Crippen molar-refractivity contribution in [2.75, 3.05) is 5.32 Å². The fraction of sp³-hybridized carbons (Fsp3) is 0.167. The Labute approximate surface area is 143 Å². The monoisotopic (exact) mass is 340 g/mol. The molecule has 5 nitrogen and oxygen atoms in total. The summed E-state index contributed by atoms with van der Waals surface area (Å²) in [6, 6.07) is 11.0. The maximum Gasteiger partial charge on any atom is 0.311 e. The Balaban J connectivity index is 1.64. The molecule has 0 aliphatic rings. The molecule has 0 fully saturated rings. The predicted molar refractivity (Wildman–Crippen MR) is 93.9 cm³/mol. The molecule has 0 bridgehead atoms. The number of rotatable bonds is 5. The highest BCUT2D eigenvalue weighted by Crippen LogP contribution is 2.21. The third-order valence-corrected chi connectivity index (χ3v) is 4.24. The number of nitrogens with one attached hydrogen (secondary N) is 1. The highest BCUT2D eigenvalue weighted by atomic mass is 32.1. The summed E-state index contributed by atoms with van der Waals surface area (Å²) in [7, 11) is 0. The number of hydrogen-bond acceptors (Lipinski definition) is 5. The van der Waals surface area contributed by atoms with E-state index in [1.807, 2.05) is 41.1 Å². The largest absolute Gasteiger partial charge is 0.452 e. The molecule has 1 amide bonds. The zero-order valence-electron chi connectivity index (χ0n) is 13.1. The van der Waals surface area contributed by atoms with Gasteiger partial charge in [0.15, 0.2) is 6.10 Å². The summed E-state index contributed by atoms with van der Waals surface area (Å²) in [5.74, 6) is -0.791. The molecule has 3 aromatic rings. The van der Waals surface area contributed by atoms with Gasteiger partial charge in [-0.3, -0.25) is 14.6 Å². The Morgan fingerprint density at radius 2 is 2.12 bits per heavy atom. The van der Waals surface area contributed by atoms with E-state index < -0.39 is 12.1 Å². The molecular weight excluding hydrogens is 324 g/mol. The van der Waals surface area contributed by atoms with Crippen LogP contribution in [0.2, 0.25) is 0 Å². The highest BCUT2D eigenvalue weighted by Gasteiger charge is 2.19. The number of carbonyl (C=O) groups is 2. The molecule has 24 heavy (non-hydrogen) atoms. The molecule has 1 N–H and O–H groups in total. The van der Waals surface area contributed by atoms with E-state index >= 15 is 0 Å². The molecule has 6 heteroatoms. The van der Waals surface area contributed by atoms with Gasteiger partial charge in [0.1, 0.15) is 0 Å². The van der Waals surface area contributed by atoms with Gasteiger partial charge in [-0.1, -0.05) is 6.07 Å². The lowest BCUT2D eigenvalue weighted by Crippen LogP contribution is -2.30. The lowest BCUT2D eigenvalue weighted by atomic mass is 10.2. The topological polar surface area (TPSA) is 68.3 Å². The number of ether oxygens (including phenoxy) is 1. The fourth-order valence-corrected chi connectivity index (χ4v) is 2.97. The Bertz CT molecular complexity index is 856. The Morgan fingerprint density at radius 3 is 2.92 bits per heavy atom. The van der Waals surface area contributed by atoms with Crippen molar-refractivity contribution in [3.63, 3.8) is 0 Å². The van der Waals surface area contributed by atoms with Crippen LogP contribution in [-0.4, -0.2) is 23.0 Å². The van der Waals surface area contributed by atoms with Gasteiger partial charge in [0.25, 0.3) is 5.91 Å². The van der Waals surface area contributed by atoms with Crippen molar-refractivity contribution in [3.8, 4) is 0 Å². The third-order valence-electron chi connectivity index (χ3n) is 3.51. The van der Waals surface area contributed by atoms with Crippen molar-refractivity contribution < 1.29 is 14.3 Å². The normalized spacial score (nSPS) is 11.9. The van der Waals surface area contributed by atoms with Crippen LogP contribution in [-0.2, 0) is 20.7 Å². The molecule has 0 spiro atoms. The van der Waals surface area contributed by atoms with Crippen molar-refractivity contribution in [2.24, 2.45) is 0 Å². The SMILES string of the molecule is CC(OC(=O)Cc1ccsc1)C(=O)Nc1cccc2ncccc12. The van der Waals surface area contributed by atoms with Gasteiger partial charge in [-0.15, -0.1) is 0 Å². The third kappa shape index (κ3) is 3.78. The zero-order valence-corrected chi connectivity index (χ0v) is 13.9. The summed E-state index contributed by atoms with van der Waals surface area (Å²) in [6.07, 6.45) is 0.991. The quantitative estimate of drug-likeness (QED) is 0.723. The van der Waals surface area contributed by atoms with E-state index in [9.17, 15) is 9.59 Å². The molecule has 0 aliphatic carbocycles. The molecule has 0 radical (unpaired) electrons. The number of nitrogens with zero attached hydrogens (tertiary/aromatic N) is 1. The van der Waals surface area contributed by atoms with E-state index in [2.05, 4.69) is 10.3 Å². The minimum Gasteiger partial charge on any atom is -0.452 e. The van der Waals surface area contributed by atoms with Gasteiger partial charge < -0.3 is 10.1 Å². The van der Waals surface area contributed by atoms with Crippen LogP contribution in [0.15, 0.2) is 53.4 Å². The van der Waals surface area contributed by atoms with Gasteiger partial charge in [-0.2, -0.15) is 11.3 Å². The van der Waals surface area contributed by atoms with Gasteiger partial charge in [0, 0.05) is 11.6 Å². The Morgan fingerprint density at radius 1 is 1.25 bits per heavy atom. The van der Waals surface area contributed by atoms with Crippen LogP contribution in [0.3, 0.4) is 0 Å². The first-order valence-electron chi connectivity index (χ1n) is 7.48. The molecular formula is C18H16N2O3S. The molecule has 0 saturated carbocycles. The van der Waals surface area contributed by atoms with Crippen LogP contribution in [0, 0.1) is 0 Å². The number of fused-ring (bicyclic) bond motifs is 1. The molecule has 0 aliphatic heterocycles. The molecule has 2 heterocycles. The van der Waals surface area contributed by atoms with Crippen LogP contribution in [0.4, 0.5) is 5.69 Å². The maximum atomic E-state index is 12.3. The summed E-state index contributed by atoms with van der Waals surface area (Å²) in [5.41, 5.74) is 2.32. The number of carbonyl (C=O) groups excluding carboxylic acids is 2. The fourth-order valence-electron chi connectivity index (χ4n) is 2.30. The smallest absolute Gasteiger partial charge is 0.311 e. The number of hydrogen-bond donors (Lipinski definition) is 1. The van der Waals surface area contributed by atoms with E-state index in [0.29, 0.717) is 5.69 Å². The minimum atomic E-state index is -0.872. The zero-order chi connectivity index (χ0) is 16.9. The van der Waals surface area contributed by atoms with E-state index in [4.69, 9.17) is 4.74 Å². The van der Waals surface area contributed by atoms with Gasteiger partial charge >= 0.3 is 5.97 Å². The van der Waals surface area contributed by atoms with E-state index in [-0.39, 0.29) is 12.3 Å². The lowest BCUT2D eigenvalue weighted by molar-refractivity contribution is -0.152. The van der Waals surface area contributed by atoms with Crippen LogP contribution in [0.5, 0.6) is 0 Å². The summed E-state index contributed by atoms with van der Waals surface area (Å²) in [6.45, 7) is 1.56. The average Bonchev–Trinajstić information content (AvgIpc) is 3.08. The number of aromatic nitrogens is 1. The summed E-state index contributed by atoms with van der Waals surface area (Å²) in [5, 5.41) is 7.41. The number of benzene rings is 1. The lowest BCUT2D eigenvalue weighted by Gasteiger charge is -2.14. The van der Waals surface area contributed by atoms with E-state index in [1.165, 1.54) is 11.3 Å². The van der Waals surface area contributed by atoms with Crippen LogP contribution >= 0.6 is 11.3 Å². The number of amides is 1. The first-order chi connectivity index (χ1) is 11.6. The summed E-state index contributed by atoms with van der Waals surface area (Å²) < 4.78 is 5.21. The van der Waals surface area contributed by atoms with Crippen LogP contribution in [0.1, 0.15) is 12.5 Å². The van der Waals surface area contributed by atoms with Crippen LogP contribution < -0.4 is 5.32 Å². The van der Waals surface area contributed by atoms with Crippen LogP contribution in [0.25, 0.3) is 10.9 Å². The summed E-state index contributed by atoms with van der Waals surface area (Å²) in [4.78, 5) is 28.4. The highest BCUT2D eigenvalue weighted by molar-refractivity contribution is 7.08. The second-order valence-corrected chi connectivity index (χ2v) is 6.09. The van der Waals surface area contributed by atoms with E-state index in [1.54, 1.807) is 19.2 Å². The predicted octanol–water partition coefficient (Wildman–Crippen LogP) is 3.41. The minimum absolute atomic E-state index is 0.166. The summed E-state index contributed by atoms with van der Waals surface area (Å²) >= 11 is 1.52. The number of esters is 1. The average molecular weight is 340 g/mol. The standard InChI is InChI=1S/C18H16N2O3S/c1-12(23-17(21)10-13-7-9-24-11-13)18(22)20-16-6-2-5-15-14(16)4-3-8-19-15/h2-9,11-12H,10H2,1H3,(H,20,22). The van der Waals surface area contributed by atoms with Gasteiger partial charge in [-0.25, -0.2) is 0 Å². The van der Waals surface area contributed by atoms with Gasteiger partial charge in [0.05, 0.1) is 17.6 Å². The first kappa shape index (κ1) is 16.1. The second-order valence-electron chi connectivity index (χ2n) is 5.31. The molecule has 3 rings (SSSR count). The first-order valence-corrected chi connectivity index (χ1v) is 8.43. The molecule has 0 saturated heterocycles. The van der Waals surface area contributed by atoms with Gasteiger partial charge in [0.2, 0.25) is 0 Å². The molecule has 2 aromatic heterocycles. The second kappa shape index (κ2) is 7.23. The molecule has 1 unspecified atom stereocenters. The van der Waals surface area contributed by atoms with Crippen molar-refractivity contribution in [3.05, 3.63) is 58.9 Å². The van der Waals surface area contributed by atoms with E-state index in [0.717, 1.165) is 16.5 Å². The van der Waals surface area contributed by atoms with Gasteiger partial charge in [-0.05, 0) is 53.6 Å². The molecule has 1 atom stereocenters. The number of pyridine rings is 1. The maximum absolute atomic E-state index is 12.3. The molecule has 1 aromatic carbocycles.